The van der Waals surface area contributed by atoms with Gasteiger partial charge in [-0.3, -0.25) is 19.4 Å². The molecule has 1 aromatic rings. The van der Waals surface area contributed by atoms with Crippen molar-refractivity contribution in [3.05, 3.63) is 24.0 Å². The minimum Gasteiger partial charge on any atom is -0.488 e. The number of rotatable bonds is 9. The summed E-state index contributed by atoms with van der Waals surface area (Å²) in [6.45, 7) is 5.22. The molecule has 2 amide bonds. The highest BCUT2D eigenvalue weighted by atomic mass is 19.1. The first kappa shape index (κ1) is 23.0. The van der Waals surface area contributed by atoms with E-state index in [0.717, 1.165) is 63.4 Å². The highest BCUT2D eigenvalue weighted by Gasteiger charge is 2.37. The van der Waals surface area contributed by atoms with E-state index >= 15 is 0 Å². The van der Waals surface area contributed by atoms with E-state index in [-0.39, 0.29) is 29.7 Å². The van der Waals surface area contributed by atoms with Crippen molar-refractivity contribution in [3.63, 3.8) is 0 Å². The Kier molecular flexibility index (Phi) is 7.63. The number of imide groups is 1. The molecule has 176 valence electrons. The molecule has 7 nitrogen and oxygen atoms in total. The van der Waals surface area contributed by atoms with E-state index in [9.17, 15) is 14.0 Å². The zero-order valence-corrected chi connectivity index (χ0v) is 19.0. The summed E-state index contributed by atoms with van der Waals surface area (Å²) in [4.78, 5) is 30.5. The van der Waals surface area contributed by atoms with Gasteiger partial charge >= 0.3 is 0 Å². The Labute approximate surface area is 189 Å². The molecule has 2 saturated heterocycles. The number of hydrogen-bond acceptors (Lipinski definition) is 6. The fourth-order valence-corrected chi connectivity index (χ4v) is 5.08. The van der Waals surface area contributed by atoms with Gasteiger partial charge < -0.3 is 15.0 Å². The highest BCUT2D eigenvalue weighted by molar-refractivity contribution is 6.03. The van der Waals surface area contributed by atoms with Gasteiger partial charge in [0.2, 0.25) is 11.8 Å². The summed E-state index contributed by atoms with van der Waals surface area (Å²) >= 11 is 0. The van der Waals surface area contributed by atoms with Crippen molar-refractivity contribution < 1.29 is 18.7 Å². The summed E-state index contributed by atoms with van der Waals surface area (Å²) in [7, 11) is 1.80. The lowest BCUT2D eigenvalue weighted by Crippen LogP contribution is -2.47. The molecule has 8 heteroatoms. The van der Waals surface area contributed by atoms with Crippen molar-refractivity contribution in [3.8, 4) is 5.75 Å². The molecule has 0 spiro atoms. The Bertz CT molecular complexity index is 806. The lowest BCUT2D eigenvalue weighted by molar-refractivity contribution is -0.139. The Balaban J connectivity index is 1.25. The van der Waals surface area contributed by atoms with E-state index in [1.54, 1.807) is 19.2 Å². The SMILES string of the molecule is CNCC1CC(=O)N(CCCN2CCN(c3cc(F)ccc3OC3CCCC3)CC2)C1=O. The number of hydrogen-bond donors (Lipinski definition) is 1. The topological polar surface area (TPSA) is 65.1 Å². The Morgan fingerprint density at radius 2 is 1.84 bits per heavy atom. The number of nitrogens with zero attached hydrogens (tertiary/aromatic N) is 3. The monoisotopic (exact) mass is 446 g/mol. The second kappa shape index (κ2) is 10.6. The van der Waals surface area contributed by atoms with Crippen LogP contribution in [0.5, 0.6) is 5.75 Å². The second-order valence-electron chi connectivity index (χ2n) is 9.16. The molecule has 0 bridgehead atoms. The predicted molar refractivity (Wildman–Crippen MR) is 121 cm³/mol. The number of ether oxygens (including phenoxy) is 1. The summed E-state index contributed by atoms with van der Waals surface area (Å²) in [6.07, 6.45) is 5.88. The highest BCUT2D eigenvalue weighted by Crippen LogP contribution is 2.33. The number of benzene rings is 1. The van der Waals surface area contributed by atoms with Gasteiger partial charge in [-0.25, -0.2) is 4.39 Å². The number of halogens is 1. The molecule has 2 heterocycles. The quantitative estimate of drug-likeness (QED) is 0.587. The van der Waals surface area contributed by atoms with E-state index in [1.807, 2.05) is 0 Å². The molecular formula is C24H35FN4O3. The van der Waals surface area contributed by atoms with Crippen molar-refractivity contribution in [1.82, 2.24) is 15.1 Å². The maximum Gasteiger partial charge on any atom is 0.234 e. The Morgan fingerprint density at radius 1 is 1.09 bits per heavy atom. The predicted octanol–water partition coefficient (Wildman–Crippen LogP) is 2.25. The van der Waals surface area contributed by atoms with Crippen LogP contribution in [0, 0.1) is 11.7 Å². The van der Waals surface area contributed by atoms with Crippen LogP contribution in [-0.4, -0.2) is 80.6 Å². The van der Waals surface area contributed by atoms with Crippen LogP contribution < -0.4 is 15.0 Å². The molecule has 1 saturated carbocycles. The molecule has 1 unspecified atom stereocenters. The van der Waals surface area contributed by atoms with Gasteiger partial charge in [0.15, 0.2) is 0 Å². The Hall–Kier alpha value is -2.19. The smallest absolute Gasteiger partial charge is 0.234 e. The van der Waals surface area contributed by atoms with Gasteiger partial charge in [0.25, 0.3) is 0 Å². The summed E-state index contributed by atoms with van der Waals surface area (Å²) in [5.74, 6) is 0.227. The van der Waals surface area contributed by atoms with Crippen molar-refractivity contribution in [2.24, 2.45) is 5.92 Å². The lowest BCUT2D eigenvalue weighted by atomic mass is 10.1. The molecule has 0 aromatic heterocycles. The molecule has 1 N–H and O–H groups in total. The van der Waals surface area contributed by atoms with E-state index in [2.05, 4.69) is 15.1 Å². The second-order valence-corrected chi connectivity index (χ2v) is 9.16. The minimum atomic E-state index is -0.238. The summed E-state index contributed by atoms with van der Waals surface area (Å²) < 4.78 is 20.2. The molecule has 4 rings (SSSR count). The Morgan fingerprint density at radius 3 is 2.56 bits per heavy atom. The fraction of sp³-hybridized carbons (Fsp3) is 0.667. The molecule has 2 aliphatic heterocycles. The molecule has 1 aliphatic carbocycles. The number of amides is 2. The van der Waals surface area contributed by atoms with Gasteiger partial charge in [0.05, 0.1) is 17.7 Å². The van der Waals surface area contributed by atoms with Crippen LogP contribution in [0.25, 0.3) is 0 Å². The fourth-order valence-electron chi connectivity index (χ4n) is 5.08. The normalized spacial score (nSPS) is 22.9. The van der Waals surface area contributed by atoms with Gasteiger partial charge in [0.1, 0.15) is 11.6 Å². The van der Waals surface area contributed by atoms with Gasteiger partial charge in [-0.1, -0.05) is 0 Å². The van der Waals surface area contributed by atoms with Crippen LogP contribution in [-0.2, 0) is 9.59 Å². The molecule has 1 aromatic carbocycles. The van der Waals surface area contributed by atoms with E-state index in [0.29, 0.717) is 19.5 Å². The molecule has 3 fully saturated rings. The molecule has 0 radical (unpaired) electrons. The van der Waals surface area contributed by atoms with E-state index in [1.165, 1.54) is 23.8 Å². The van der Waals surface area contributed by atoms with Crippen LogP contribution in [0.15, 0.2) is 18.2 Å². The van der Waals surface area contributed by atoms with Gasteiger partial charge in [-0.2, -0.15) is 0 Å². The van der Waals surface area contributed by atoms with Crippen molar-refractivity contribution in [2.75, 3.05) is 57.8 Å². The third-order valence-electron chi connectivity index (χ3n) is 6.87. The number of likely N-dealkylation sites (tertiary alicyclic amines) is 1. The molecular weight excluding hydrogens is 411 g/mol. The number of anilines is 1. The van der Waals surface area contributed by atoms with Gasteiger partial charge in [-0.05, 0) is 57.8 Å². The number of nitrogens with one attached hydrogen (secondary N) is 1. The maximum absolute atomic E-state index is 14.0. The van der Waals surface area contributed by atoms with Crippen LogP contribution in [0.4, 0.5) is 10.1 Å². The number of carbonyl (C=O) groups excluding carboxylic acids is 2. The average molecular weight is 447 g/mol. The van der Waals surface area contributed by atoms with Crippen LogP contribution >= 0.6 is 0 Å². The maximum atomic E-state index is 14.0. The number of piperazine rings is 1. The van der Waals surface area contributed by atoms with E-state index < -0.39 is 0 Å². The zero-order chi connectivity index (χ0) is 22.5. The van der Waals surface area contributed by atoms with Crippen LogP contribution in [0.2, 0.25) is 0 Å². The largest absolute Gasteiger partial charge is 0.488 e. The summed E-state index contributed by atoms with van der Waals surface area (Å²) in [5, 5.41) is 2.99. The molecule has 3 aliphatic rings. The van der Waals surface area contributed by atoms with Gasteiger partial charge in [0, 0.05) is 51.8 Å². The third-order valence-corrected chi connectivity index (χ3v) is 6.87. The van der Waals surface area contributed by atoms with Crippen LogP contribution in [0.3, 0.4) is 0 Å². The van der Waals surface area contributed by atoms with Gasteiger partial charge in [-0.15, -0.1) is 0 Å². The minimum absolute atomic E-state index is 0.0462. The first-order valence-corrected chi connectivity index (χ1v) is 12.0. The third kappa shape index (κ3) is 5.41. The van der Waals surface area contributed by atoms with Crippen molar-refractivity contribution in [1.29, 1.82) is 0 Å². The standard InChI is InChI=1S/C24H35FN4O3/c1-26-17-18-15-23(30)29(24(18)31)10-4-9-27-11-13-28(14-12-27)21-16-19(25)7-8-22(21)32-20-5-2-3-6-20/h7-8,16,18,20,26H,2-6,9-15,17H2,1H3. The lowest BCUT2D eigenvalue weighted by Gasteiger charge is -2.37. The van der Waals surface area contributed by atoms with E-state index in [4.69, 9.17) is 4.74 Å². The van der Waals surface area contributed by atoms with Crippen molar-refractivity contribution >= 4 is 17.5 Å². The number of carbonyl (C=O) groups is 2. The molecule has 1 atom stereocenters. The zero-order valence-electron chi connectivity index (χ0n) is 19.0. The average Bonchev–Trinajstić information content (AvgIpc) is 3.39. The molecule has 32 heavy (non-hydrogen) atoms. The van der Waals surface area contributed by atoms with Crippen molar-refractivity contribution in [2.45, 2.75) is 44.6 Å². The first-order chi connectivity index (χ1) is 15.5. The van der Waals surface area contributed by atoms with Crippen LogP contribution in [0.1, 0.15) is 38.5 Å². The first-order valence-electron chi connectivity index (χ1n) is 12.0. The summed E-state index contributed by atoms with van der Waals surface area (Å²) in [5.41, 5.74) is 0.848. The summed E-state index contributed by atoms with van der Waals surface area (Å²) in [6, 6.07) is 4.83.